The number of amides is 1. The Morgan fingerprint density at radius 1 is 1.14 bits per heavy atom. The van der Waals surface area contributed by atoms with E-state index in [2.05, 4.69) is 5.10 Å². The molecule has 6 nitrogen and oxygen atoms in total. The fourth-order valence-electron chi connectivity index (χ4n) is 2.87. The number of aryl methyl sites for hydroxylation is 1. The average molecular weight is 436 g/mol. The Hall–Kier alpha value is -2.71. The van der Waals surface area contributed by atoms with Gasteiger partial charge >= 0.3 is 0 Å². The molecule has 1 aromatic heterocycles. The summed E-state index contributed by atoms with van der Waals surface area (Å²) in [4.78, 5) is 14.5. The van der Waals surface area contributed by atoms with E-state index in [0.29, 0.717) is 17.9 Å². The van der Waals surface area contributed by atoms with Gasteiger partial charge in [-0.1, -0.05) is 23.7 Å². The number of hydrogen-bond acceptors (Lipinski definition) is 4. The Kier molecular flexibility index (Phi) is 5.77. The Bertz CT molecular complexity index is 1160. The van der Waals surface area contributed by atoms with E-state index in [0.717, 1.165) is 11.8 Å². The number of hydrogen-bond donors (Lipinski definition) is 0. The molecular formula is C20H19ClFN3O3S. The highest BCUT2D eigenvalue weighted by Crippen LogP contribution is 2.25. The van der Waals surface area contributed by atoms with Gasteiger partial charge in [0, 0.05) is 19.0 Å². The van der Waals surface area contributed by atoms with Crippen molar-refractivity contribution in [2.24, 2.45) is 0 Å². The Balaban J connectivity index is 1.87. The van der Waals surface area contributed by atoms with E-state index in [-0.39, 0.29) is 27.3 Å². The van der Waals surface area contributed by atoms with E-state index < -0.39 is 9.84 Å². The SMILES string of the molecule is Cc1nn(Cc2ccc(F)cc2)c(Cl)c1C(=O)N(C)c1ccc(S(C)(=O)=O)cc1. The molecular weight excluding hydrogens is 417 g/mol. The van der Waals surface area contributed by atoms with Crippen LogP contribution in [0, 0.1) is 12.7 Å². The zero-order valence-corrected chi connectivity index (χ0v) is 17.6. The number of anilines is 1. The summed E-state index contributed by atoms with van der Waals surface area (Å²) in [7, 11) is -1.75. The van der Waals surface area contributed by atoms with Gasteiger partial charge in [-0.25, -0.2) is 17.5 Å². The second-order valence-electron chi connectivity index (χ2n) is 6.67. The number of halogens is 2. The number of benzene rings is 2. The zero-order chi connectivity index (χ0) is 21.3. The van der Waals surface area contributed by atoms with Gasteiger partial charge in [0.15, 0.2) is 9.84 Å². The highest BCUT2D eigenvalue weighted by Gasteiger charge is 2.24. The minimum atomic E-state index is -3.32. The van der Waals surface area contributed by atoms with Crippen molar-refractivity contribution in [1.29, 1.82) is 0 Å². The number of carbonyl (C=O) groups excluding carboxylic acids is 1. The molecule has 29 heavy (non-hydrogen) atoms. The summed E-state index contributed by atoms with van der Waals surface area (Å²) in [6, 6.07) is 11.9. The molecule has 0 radical (unpaired) electrons. The van der Waals surface area contributed by atoms with E-state index >= 15 is 0 Å². The van der Waals surface area contributed by atoms with Crippen LogP contribution in [-0.4, -0.2) is 37.4 Å². The van der Waals surface area contributed by atoms with Crippen molar-refractivity contribution in [2.75, 3.05) is 18.2 Å². The highest BCUT2D eigenvalue weighted by molar-refractivity contribution is 7.90. The lowest BCUT2D eigenvalue weighted by Gasteiger charge is -2.17. The second-order valence-corrected chi connectivity index (χ2v) is 9.04. The van der Waals surface area contributed by atoms with Crippen molar-refractivity contribution in [3.63, 3.8) is 0 Å². The number of sulfone groups is 1. The molecule has 0 bridgehead atoms. The summed E-state index contributed by atoms with van der Waals surface area (Å²) in [6.07, 6.45) is 1.12. The predicted molar refractivity (Wildman–Crippen MR) is 110 cm³/mol. The first-order valence-electron chi connectivity index (χ1n) is 8.63. The monoisotopic (exact) mass is 435 g/mol. The molecule has 0 unspecified atom stereocenters. The summed E-state index contributed by atoms with van der Waals surface area (Å²) in [5, 5.41) is 4.51. The van der Waals surface area contributed by atoms with Crippen LogP contribution >= 0.6 is 11.6 Å². The third kappa shape index (κ3) is 4.49. The largest absolute Gasteiger partial charge is 0.311 e. The summed E-state index contributed by atoms with van der Waals surface area (Å²) < 4.78 is 37.8. The molecule has 9 heteroatoms. The molecule has 3 rings (SSSR count). The Morgan fingerprint density at radius 2 is 1.72 bits per heavy atom. The molecule has 0 saturated carbocycles. The molecule has 0 fully saturated rings. The van der Waals surface area contributed by atoms with Gasteiger partial charge in [0.05, 0.1) is 22.7 Å². The van der Waals surface area contributed by atoms with Crippen molar-refractivity contribution in [3.05, 3.63) is 76.3 Å². The number of nitrogens with zero attached hydrogens (tertiary/aromatic N) is 3. The van der Waals surface area contributed by atoms with E-state index in [9.17, 15) is 17.6 Å². The van der Waals surface area contributed by atoms with Crippen LogP contribution in [0.15, 0.2) is 53.4 Å². The Labute approximate surface area is 173 Å². The van der Waals surface area contributed by atoms with Gasteiger partial charge in [-0.3, -0.25) is 4.79 Å². The molecule has 0 atom stereocenters. The molecule has 0 saturated heterocycles. The fraction of sp³-hybridized carbons (Fsp3) is 0.200. The maximum absolute atomic E-state index is 13.1. The zero-order valence-electron chi connectivity index (χ0n) is 16.1. The van der Waals surface area contributed by atoms with E-state index in [4.69, 9.17) is 11.6 Å². The molecule has 0 spiro atoms. The van der Waals surface area contributed by atoms with Crippen molar-refractivity contribution in [2.45, 2.75) is 18.4 Å². The standard InChI is InChI=1S/C20H19ClFN3O3S/c1-13-18(19(21)25(23-13)12-14-4-6-15(22)7-5-14)20(26)24(2)16-8-10-17(11-9-16)29(3,27)28/h4-11H,12H2,1-3H3. The quantitative estimate of drug-likeness (QED) is 0.612. The van der Waals surface area contributed by atoms with Gasteiger partial charge in [-0.2, -0.15) is 5.10 Å². The normalized spacial score (nSPS) is 11.5. The van der Waals surface area contributed by atoms with E-state index in [1.165, 1.54) is 33.8 Å². The van der Waals surface area contributed by atoms with Crippen LogP contribution in [0.4, 0.5) is 10.1 Å². The summed E-state index contributed by atoms with van der Waals surface area (Å²) >= 11 is 6.42. The van der Waals surface area contributed by atoms with E-state index in [1.54, 1.807) is 38.2 Å². The molecule has 0 aliphatic heterocycles. The summed E-state index contributed by atoms with van der Waals surface area (Å²) in [5.74, 6) is -0.708. The molecule has 1 amide bonds. The number of rotatable bonds is 5. The molecule has 0 aliphatic carbocycles. The first-order chi connectivity index (χ1) is 13.6. The molecule has 2 aromatic carbocycles. The summed E-state index contributed by atoms with van der Waals surface area (Å²) in [6.45, 7) is 1.97. The Morgan fingerprint density at radius 3 is 2.28 bits per heavy atom. The van der Waals surface area contributed by atoms with Crippen molar-refractivity contribution < 1.29 is 17.6 Å². The van der Waals surface area contributed by atoms with Gasteiger partial charge in [0.2, 0.25) is 0 Å². The van der Waals surface area contributed by atoms with Crippen molar-refractivity contribution >= 4 is 33.0 Å². The van der Waals surface area contributed by atoms with Gasteiger partial charge in [-0.15, -0.1) is 0 Å². The van der Waals surface area contributed by atoms with Crippen LogP contribution in [-0.2, 0) is 16.4 Å². The first kappa shape index (κ1) is 21.0. The molecule has 3 aromatic rings. The van der Waals surface area contributed by atoms with Crippen LogP contribution in [0.2, 0.25) is 5.15 Å². The minimum absolute atomic E-state index is 0.170. The smallest absolute Gasteiger partial charge is 0.263 e. The third-order valence-corrected chi connectivity index (χ3v) is 5.99. The maximum Gasteiger partial charge on any atom is 0.263 e. The lowest BCUT2D eigenvalue weighted by atomic mass is 10.2. The maximum atomic E-state index is 13.1. The van der Waals surface area contributed by atoms with Crippen LogP contribution in [0.5, 0.6) is 0 Å². The van der Waals surface area contributed by atoms with Crippen LogP contribution in [0.1, 0.15) is 21.6 Å². The van der Waals surface area contributed by atoms with Gasteiger partial charge in [0.25, 0.3) is 5.91 Å². The average Bonchev–Trinajstić information content (AvgIpc) is 2.95. The van der Waals surface area contributed by atoms with Crippen molar-refractivity contribution in [3.8, 4) is 0 Å². The van der Waals surface area contributed by atoms with Gasteiger partial charge < -0.3 is 4.90 Å². The molecule has 1 heterocycles. The highest BCUT2D eigenvalue weighted by atomic mass is 35.5. The predicted octanol–water partition coefficient (Wildman–Crippen LogP) is 3.71. The van der Waals surface area contributed by atoms with E-state index in [1.807, 2.05) is 0 Å². The molecule has 152 valence electrons. The van der Waals surface area contributed by atoms with Crippen molar-refractivity contribution in [1.82, 2.24) is 9.78 Å². The minimum Gasteiger partial charge on any atom is -0.311 e. The van der Waals surface area contributed by atoms with Gasteiger partial charge in [-0.05, 0) is 48.9 Å². The number of carbonyl (C=O) groups is 1. The van der Waals surface area contributed by atoms with Crippen LogP contribution in [0.3, 0.4) is 0 Å². The van der Waals surface area contributed by atoms with Crippen LogP contribution < -0.4 is 4.90 Å². The lowest BCUT2D eigenvalue weighted by molar-refractivity contribution is 0.0992. The number of aromatic nitrogens is 2. The lowest BCUT2D eigenvalue weighted by Crippen LogP contribution is -2.26. The fourth-order valence-corrected chi connectivity index (χ4v) is 3.81. The molecule has 0 aliphatic rings. The second kappa shape index (κ2) is 7.96. The van der Waals surface area contributed by atoms with Gasteiger partial charge in [0.1, 0.15) is 11.0 Å². The van der Waals surface area contributed by atoms with Crippen LogP contribution in [0.25, 0.3) is 0 Å². The molecule has 0 N–H and O–H groups in total. The summed E-state index contributed by atoms with van der Waals surface area (Å²) in [5.41, 5.74) is 2.02. The first-order valence-corrected chi connectivity index (χ1v) is 10.9. The topological polar surface area (TPSA) is 72.3 Å². The third-order valence-electron chi connectivity index (χ3n) is 4.48.